The van der Waals surface area contributed by atoms with Gasteiger partial charge in [-0.25, -0.2) is 0 Å². The fourth-order valence-corrected chi connectivity index (χ4v) is 3.44. The molecular weight excluding hydrogens is 288 g/mol. The molecule has 0 amide bonds. The normalized spacial score (nSPS) is 15.9. The molecule has 0 radical (unpaired) electrons. The molecule has 0 aliphatic rings. The highest BCUT2D eigenvalue weighted by molar-refractivity contribution is 5.79. The summed E-state index contributed by atoms with van der Waals surface area (Å²) < 4.78 is 11.1. The van der Waals surface area contributed by atoms with Gasteiger partial charge in [0.2, 0.25) is 0 Å². The summed E-state index contributed by atoms with van der Waals surface area (Å²) in [6, 6.07) is 7.98. The van der Waals surface area contributed by atoms with Crippen LogP contribution < -0.4 is 4.74 Å². The molecule has 2 atom stereocenters. The highest BCUT2D eigenvalue weighted by atomic mass is 16.5. The van der Waals surface area contributed by atoms with Crippen molar-refractivity contribution in [1.29, 1.82) is 0 Å². The SMILES string of the molecule is CCOC(=O)C(C)(C(c1ccccc1OC)C(C)C)C(C)(C)C. The second kappa shape index (κ2) is 7.37. The van der Waals surface area contributed by atoms with Gasteiger partial charge in [0.05, 0.1) is 19.1 Å². The maximum atomic E-state index is 13.0. The van der Waals surface area contributed by atoms with Gasteiger partial charge >= 0.3 is 5.97 Å². The van der Waals surface area contributed by atoms with Gasteiger partial charge in [-0.1, -0.05) is 52.8 Å². The number of hydrogen-bond donors (Lipinski definition) is 0. The Hall–Kier alpha value is -1.51. The summed E-state index contributed by atoms with van der Waals surface area (Å²) in [6.07, 6.45) is 0. The summed E-state index contributed by atoms with van der Waals surface area (Å²) in [5.74, 6) is 0.945. The molecule has 0 spiro atoms. The number of benzene rings is 1. The summed E-state index contributed by atoms with van der Waals surface area (Å²) in [5.41, 5.74) is 0.149. The molecule has 0 heterocycles. The van der Waals surface area contributed by atoms with E-state index < -0.39 is 5.41 Å². The van der Waals surface area contributed by atoms with Gasteiger partial charge in [0.15, 0.2) is 0 Å². The van der Waals surface area contributed by atoms with Crippen molar-refractivity contribution in [3.8, 4) is 5.75 Å². The first-order valence-electron chi connectivity index (χ1n) is 8.41. The van der Waals surface area contributed by atoms with Crippen LogP contribution in [0.5, 0.6) is 5.75 Å². The Morgan fingerprint density at radius 3 is 2.13 bits per heavy atom. The van der Waals surface area contributed by atoms with Gasteiger partial charge in [0.1, 0.15) is 5.75 Å². The van der Waals surface area contributed by atoms with Gasteiger partial charge in [-0.3, -0.25) is 4.79 Å². The molecule has 0 fully saturated rings. The molecule has 0 saturated heterocycles. The highest BCUT2D eigenvalue weighted by Crippen LogP contribution is 2.54. The summed E-state index contributed by atoms with van der Waals surface area (Å²) >= 11 is 0. The third-order valence-electron chi connectivity index (χ3n) is 5.02. The lowest BCUT2D eigenvalue weighted by Crippen LogP contribution is -2.48. The van der Waals surface area contributed by atoms with Gasteiger partial charge in [0, 0.05) is 5.92 Å². The Kier molecular flexibility index (Phi) is 6.26. The number of rotatable bonds is 6. The summed E-state index contributed by atoms with van der Waals surface area (Å²) in [5, 5.41) is 0. The third kappa shape index (κ3) is 3.70. The molecule has 0 saturated carbocycles. The van der Waals surface area contributed by atoms with Crippen molar-refractivity contribution in [3.05, 3.63) is 29.8 Å². The number of methoxy groups -OCH3 is 1. The molecule has 130 valence electrons. The predicted molar refractivity (Wildman–Crippen MR) is 94.8 cm³/mol. The minimum absolute atomic E-state index is 0.00213. The fraction of sp³-hybridized carbons (Fsp3) is 0.650. The molecule has 0 aliphatic heterocycles. The van der Waals surface area contributed by atoms with Crippen LogP contribution in [0.1, 0.15) is 59.9 Å². The molecule has 3 nitrogen and oxygen atoms in total. The van der Waals surface area contributed by atoms with Gasteiger partial charge < -0.3 is 9.47 Å². The van der Waals surface area contributed by atoms with Crippen molar-refractivity contribution in [2.45, 2.75) is 54.4 Å². The number of ether oxygens (including phenoxy) is 2. The number of hydrogen-bond acceptors (Lipinski definition) is 3. The average Bonchev–Trinajstić information content (AvgIpc) is 2.46. The van der Waals surface area contributed by atoms with Gasteiger partial charge in [-0.15, -0.1) is 0 Å². The summed E-state index contributed by atoms with van der Waals surface area (Å²) in [7, 11) is 1.68. The number of carbonyl (C=O) groups is 1. The molecule has 3 heteroatoms. The lowest BCUT2D eigenvalue weighted by molar-refractivity contribution is -0.165. The Morgan fingerprint density at radius 2 is 1.70 bits per heavy atom. The maximum absolute atomic E-state index is 13.0. The quantitative estimate of drug-likeness (QED) is 0.688. The van der Waals surface area contributed by atoms with E-state index >= 15 is 0 Å². The molecule has 0 aromatic heterocycles. The zero-order valence-electron chi connectivity index (χ0n) is 15.9. The second-order valence-corrected chi connectivity index (χ2v) is 7.64. The van der Waals surface area contributed by atoms with E-state index in [0.717, 1.165) is 11.3 Å². The van der Waals surface area contributed by atoms with Crippen LogP contribution in [0.2, 0.25) is 0 Å². The molecule has 1 aromatic carbocycles. The van der Waals surface area contributed by atoms with Crippen molar-refractivity contribution in [2.75, 3.05) is 13.7 Å². The molecule has 0 N–H and O–H groups in total. The van der Waals surface area contributed by atoms with Crippen LogP contribution in [0.3, 0.4) is 0 Å². The lowest BCUT2D eigenvalue weighted by Gasteiger charge is -2.47. The van der Waals surface area contributed by atoms with E-state index in [1.54, 1.807) is 7.11 Å². The molecule has 23 heavy (non-hydrogen) atoms. The highest BCUT2D eigenvalue weighted by Gasteiger charge is 2.53. The van der Waals surface area contributed by atoms with Crippen molar-refractivity contribution in [3.63, 3.8) is 0 Å². The van der Waals surface area contributed by atoms with Crippen molar-refractivity contribution in [2.24, 2.45) is 16.7 Å². The molecule has 1 aromatic rings. The van der Waals surface area contributed by atoms with Crippen molar-refractivity contribution >= 4 is 5.97 Å². The third-order valence-corrected chi connectivity index (χ3v) is 5.02. The predicted octanol–water partition coefficient (Wildman–Crippen LogP) is 5.05. The zero-order chi connectivity index (χ0) is 17.8. The maximum Gasteiger partial charge on any atom is 0.312 e. The minimum Gasteiger partial charge on any atom is -0.496 e. The van der Waals surface area contributed by atoms with Crippen LogP contribution in [0.25, 0.3) is 0 Å². The first-order chi connectivity index (χ1) is 10.6. The Balaban J connectivity index is 3.58. The molecule has 0 aliphatic carbocycles. The van der Waals surface area contributed by atoms with E-state index in [1.807, 2.05) is 32.0 Å². The fourth-order valence-electron chi connectivity index (χ4n) is 3.44. The van der Waals surface area contributed by atoms with Gasteiger partial charge in [-0.2, -0.15) is 0 Å². The van der Waals surface area contributed by atoms with Crippen molar-refractivity contribution in [1.82, 2.24) is 0 Å². The molecule has 1 rings (SSSR count). The standard InChI is InChI=1S/C20H32O3/c1-9-23-18(21)20(7,19(4,5)6)17(14(2)3)15-12-10-11-13-16(15)22-8/h10-14,17H,9H2,1-8H3. The van der Waals surface area contributed by atoms with Crippen LogP contribution in [-0.4, -0.2) is 19.7 Å². The smallest absolute Gasteiger partial charge is 0.312 e. The molecular formula is C20H32O3. The second-order valence-electron chi connectivity index (χ2n) is 7.64. The van der Waals surface area contributed by atoms with Crippen LogP contribution in [0, 0.1) is 16.7 Å². The lowest BCUT2D eigenvalue weighted by atomic mass is 9.56. The summed E-state index contributed by atoms with van der Waals surface area (Å²) in [6.45, 7) is 14.9. The van der Waals surface area contributed by atoms with E-state index in [2.05, 4.69) is 40.7 Å². The Labute approximate surface area is 141 Å². The molecule has 0 bridgehead atoms. The zero-order valence-corrected chi connectivity index (χ0v) is 15.9. The minimum atomic E-state index is -0.661. The van der Waals surface area contributed by atoms with Gasteiger partial charge in [-0.05, 0) is 36.8 Å². The Morgan fingerprint density at radius 1 is 1.13 bits per heavy atom. The van der Waals surface area contributed by atoms with Crippen LogP contribution in [0.4, 0.5) is 0 Å². The number of esters is 1. The average molecular weight is 320 g/mol. The summed E-state index contributed by atoms with van der Waals surface area (Å²) in [4.78, 5) is 13.0. The van der Waals surface area contributed by atoms with E-state index in [-0.39, 0.29) is 23.2 Å². The van der Waals surface area contributed by atoms with Crippen LogP contribution >= 0.6 is 0 Å². The van der Waals surface area contributed by atoms with Crippen LogP contribution in [-0.2, 0) is 9.53 Å². The number of carbonyl (C=O) groups excluding carboxylic acids is 1. The monoisotopic (exact) mass is 320 g/mol. The van der Waals surface area contributed by atoms with E-state index in [0.29, 0.717) is 6.61 Å². The first-order valence-corrected chi connectivity index (χ1v) is 8.41. The largest absolute Gasteiger partial charge is 0.496 e. The van der Waals surface area contributed by atoms with E-state index in [9.17, 15) is 4.79 Å². The number of para-hydroxylation sites is 1. The van der Waals surface area contributed by atoms with Crippen molar-refractivity contribution < 1.29 is 14.3 Å². The first kappa shape index (κ1) is 19.5. The molecule has 2 unspecified atom stereocenters. The topological polar surface area (TPSA) is 35.5 Å². The van der Waals surface area contributed by atoms with Crippen LogP contribution in [0.15, 0.2) is 24.3 Å². The van der Waals surface area contributed by atoms with Gasteiger partial charge in [0.25, 0.3) is 0 Å². The van der Waals surface area contributed by atoms with E-state index in [4.69, 9.17) is 9.47 Å². The Bertz CT molecular complexity index is 528. The van der Waals surface area contributed by atoms with E-state index in [1.165, 1.54) is 0 Å².